The molecule has 1 aliphatic carbocycles. The molecule has 126 valence electrons. The highest BCUT2D eigenvalue weighted by molar-refractivity contribution is 5.90. The molecule has 2 aromatic rings. The Labute approximate surface area is 141 Å². The molecule has 1 aromatic carbocycles. The van der Waals surface area contributed by atoms with E-state index >= 15 is 0 Å². The summed E-state index contributed by atoms with van der Waals surface area (Å²) >= 11 is 0. The van der Waals surface area contributed by atoms with Crippen LogP contribution < -0.4 is 10.6 Å². The summed E-state index contributed by atoms with van der Waals surface area (Å²) in [5.41, 5.74) is 11.7. The number of hydrogen-bond acceptors (Lipinski definition) is 5. The SMILES string of the molecule is CC1c2c(cnn2C2CCC23OCCO3)-c2cccc(N)c2N1C. The molecule has 0 amide bonds. The van der Waals surface area contributed by atoms with E-state index in [-0.39, 0.29) is 12.1 Å². The Morgan fingerprint density at radius 1 is 1.25 bits per heavy atom. The van der Waals surface area contributed by atoms with Gasteiger partial charge in [-0.1, -0.05) is 12.1 Å². The number of ether oxygens (including phenoxy) is 2. The first-order valence-electron chi connectivity index (χ1n) is 8.59. The van der Waals surface area contributed by atoms with Crippen molar-refractivity contribution in [3.63, 3.8) is 0 Å². The molecule has 6 nitrogen and oxygen atoms in total. The van der Waals surface area contributed by atoms with E-state index in [0.717, 1.165) is 29.8 Å². The van der Waals surface area contributed by atoms with Gasteiger partial charge in [0.25, 0.3) is 0 Å². The fourth-order valence-corrected chi connectivity index (χ4v) is 4.42. The second kappa shape index (κ2) is 4.74. The first-order chi connectivity index (χ1) is 11.6. The molecule has 3 heterocycles. The molecule has 2 unspecified atom stereocenters. The quantitative estimate of drug-likeness (QED) is 0.816. The molecule has 2 N–H and O–H groups in total. The highest BCUT2D eigenvalue weighted by Gasteiger charge is 2.54. The maximum atomic E-state index is 6.24. The van der Waals surface area contributed by atoms with E-state index in [2.05, 4.69) is 29.6 Å². The van der Waals surface area contributed by atoms with Crippen LogP contribution in [-0.4, -0.2) is 35.8 Å². The van der Waals surface area contributed by atoms with Gasteiger partial charge in [0.05, 0.1) is 42.5 Å². The molecule has 2 fully saturated rings. The summed E-state index contributed by atoms with van der Waals surface area (Å²) in [7, 11) is 2.10. The van der Waals surface area contributed by atoms with Crippen LogP contribution in [0, 0.1) is 0 Å². The van der Waals surface area contributed by atoms with Crippen LogP contribution in [0.3, 0.4) is 0 Å². The average molecular weight is 326 g/mol. The second-order valence-electron chi connectivity index (χ2n) is 6.98. The zero-order valence-electron chi connectivity index (χ0n) is 14.0. The van der Waals surface area contributed by atoms with Gasteiger partial charge in [0.2, 0.25) is 0 Å². The molecule has 0 radical (unpaired) electrons. The van der Waals surface area contributed by atoms with Crippen molar-refractivity contribution in [2.75, 3.05) is 30.9 Å². The third kappa shape index (κ3) is 1.65. The van der Waals surface area contributed by atoms with Crippen LogP contribution in [0.1, 0.15) is 37.5 Å². The third-order valence-electron chi connectivity index (χ3n) is 5.87. The minimum absolute atomic E-state index is 0.155. The highest BCUT2D eigenvalue weighted by atomic mass is 16.7. The van der Waals surface area contributed by atoms with Gasteiger partial charge in [0.15, 0.2) is 5.79 Å². The molecule has 1 saturated heterocycles. The van der Waals surface area contributed by atoms with Gasteiger partial charge in [-0.05, 0) is 19.4 Å². The van der Waals surface area contributed by atoms with Crippen LogP contribution in [0.4, 0.5) is 11.4 Å². The number of nitrogen functional groups attached to an aromatic ring is 1. The van der Waals surface area contributed by atoms with Gasteiger partial charge in [0, 0.05) is 24.6 Å². The number of hydrogen-bond donors (Lipinski definition) is 1. The summed E-state index contributed by atoms with van der Waals surface area (Å²) < 4.78 is 14.0. The molecule has 6 heteroatoms. The lowest BCUT2D eigenvalue weighted by molar-refractivity contribution is -0.243. The zero-order valence-corrected chi connectivity index (χ0v) is 14.0. The number of aromatic nitrogens is 2. The minimum Gasteiger partial charge on any atom is -0.397 e. The normalized spacial score (nSPS) is 27.0. The Morgan fingerprint density at radius 3 is 2.75 bits per heavy atom. The number of nitrogens with zero attached hydrogens (tertiary/aromatic N) is 3. The van der Waals surface area contributed by atoms with Crippen molar-refractivity contribution in [3.05, 3.63) is 30.1 Å². The molecule has 1 spiro atoms. The molecular formula is C18H22N4O2. The lowest BCUT2D eigenvalue weighted by atomic mass is 9.83. The van der Waals surface area contributed by atoms with E-state index in [9.17, 15) is 0 Å². The molecule has 1 saturated carbocycles. The Bertz CT molecular complexity index is 809. The summed E-state index contributed by atoms with van der Waals surface area (Å²) in [6, 6.07) is 6.44. The highest BCUT2D eigenvalue weighted by Crippen LogP contribution is 2.52. The molecule has 2 atom stereocenters. The van der Waals surface area contributed by atoms with Crippen LogP contribution in [-0.2, 0) is 9.47 Å². The van der Waals surface area contributed by atoms with Crippen molar-refractivity contribution >= 4 is 11.4 Å². The molecule has 24 heavy (non-hydrogen) atoms. The maximum absolute atomic E-state index is 6.24. The second-order valence-corrected chi connectivity index (χ2v) is 6.98. The van der Waals surface area contributed by atoms with Gasteiger partial charge in [-0.15, -0.1) is 0 Å². The predicted molar refractivity (Wildman–Crippen MR) is 91.8 cm³/mol. The fourth-order valence-electron chi connectivity index (χ4n) is 4.42. The molecule has 1 aromatic heterocycles. The van der Waals surface area contributed by atoms with Gasteiger partial charge in [-0.25, -0.2) is 0 Å². The Kier molecular flexibility index (Phi) is 2.82. The Hall–Kier alpha value is -2.05. The summed E-state index contributed by atoms with van der Waals surface area (Å²) in [4.78, 5) is 2.24. The van der Waals surface area contributed by atoms with E-state index in [1.807, 2.05) is 18.3 Å². The van der Waals surface area contributed by atoms with Crippen molar-refractivity contribution < 1.29 is 9.47 Å². The van der Waals surface area contributed by atoms with E-state index in [0.29, 0.717) is 13.2 Å². The third-order valence-corrected chi connectivity index (χ3v) is 5.87. The van der Waals surface area contributed by atoms with Crippen molar-refractivity contribution in [2.45, 2.75) is 37.6 Å². The number of anilines is 2. The fraction of sp³-hybridized carbons (Fsp3) is 0.500. The smallest absolute Gasteiger partial charge is 0.191 e. The van der Waals surface area contributed by atoms with Crippen LogP contribution in [0.2, 0.25) is 0 Å². The number of fused-ring (bicyclic) bond motifs is 3. The standard InChI is InChI=1S/C18H22N4O2/c1-11-16-13(12-4-3-5-14(19)17(12)21(11)2)10-20-22(16)15-6-7-18(15)23-8-9-24-18/h3-5,10-11,15H,6-9,19H2,1-2H3. The summed E-state index contributed by atoms with van der Waals surface area (Å²) in [6.45, 7) is 3.55. The lowest BCUT2D eigenvalue weighted by Gasteiger charge is -2.46. The van der Waals surface area contributed by atoms with Crippen molar-refractivity contribution in [1.82, 2.24) is 9.78 Å². The zero-order chi connectivity index (χ0) is 16.5. The van der Waals surface area contributed by atoms with E-state index in [1.165, 1.54) is 11.3 Å². The van der Waals surface area contributed by atoms with Gasteiger partial charge in [-0.2, -0.15) is 5.10 Å². The maximum Gasteiger partial charge on any atom is 0.191 e. The van der Waals surface area contributed by atoms with Crippen molar-refractivity contribution in [3.8, 4) is 11.1 Å². The van der Waals surface area contributed by atoms with Crippen molar-refractivity contribution in [2.24, 2.45) is 0 Å². The minimum atomic E-state index is -0.464. The van der Waals surface area contributed by atoms with Gasteiger partial charge >= 0.3 is 0 Å². The molecule has 3 aliphatic rings. The first kappa shape index (κ1) is 14.3. The summed E-state index contributed by atoms with van der Waals surface area (Å²) in [5, 5.41) is 4.74. The monoisotopic (exact) mass is 326 g/mol. The van der Waals surface area contributed by atoms with Gasteiger partial charge in [-0.3, -0.25) is 4.68 Å². The summed E-state index contributed by atoms with van der Waals surface area (Å²) in [5.74, 6) is -0.464. The first-order valence-corrected chi connectivity index (χ1v) is 8.59. The van der Waals surface area contributed by atoms with E-state index in [4.69, 9.17) is 20.3 Å². The Morgan fingerprint density at radius 2 is 2.04 bits per heavy atom. The lowest BCUT2D eigenvalue weighted by Crippen LogP contribution is -2.50. The Balaban J connectivity index is 1.66. The summed E-state index contributed by atoms with van der Waals surface area (Å²) in [6.07, 6.45) is 3.95. The number of rotatable bonds is 1. The van der Waals surface area contributed by atoms with E-state index < -0.39 is 5.79 Å². The number of para-hydroxylation sites is 1. The van der Waals surface area contributed by atoms with Gasteiger partial charge < -0.3 is 20.1 Å². The van der Waals surface area contributed by atoms with Crippen LogP contribution in [0.5, 0.6) is 0 Å². The molecular weight excluding hydrogens is 304 g/mol. The van der Waals surface area contributed by atoms with Gasteiger partial charge in [0.1, 0.15) is 6.04 Å². The average Bonchev–Trinajstić information content (AvgIpc) is 3.20. The molecule has 0 bridgehead atoms. The molecule has 5 rings (SSSR count). The van der Waals surface area contributed by atoms with Crippen molar-refractivity contribution in [1.29, 1.82) is 0 Å². The predicted octanol–water partition coefficient (Wildman–Crippen LogP) is 2.72. The van der Waals surface area contributed by atoms with E-state index in [1.54, 1.807) is 0 Å². The topological polar surface area (TPSA) is 65.5 Å². The largest absolute Gasteiger partial charge is 0.397 e. The number of benzene rings is 1. The van der Waals surface area contributed by atoms with Crippen LogP contribution >= 0.6 is 0 Å². The van der Waals surface area contributed by atoms with Crippen LogP contribution in [0.25, 0.3) is 11.1 Å². The molecule has 2 aliphatic heterocycles. The van der Waals surface area contributed by atoms with Crippen LogP contribution in [0.15, 0.2) is 24.4 Å². The number of nitrogens with two attached hydrogens (primary N) is 1.